The second-order valence-corrected chi connectivity index (χ2v) is 3.75. The highest BCUT2D eigenvalue weighted by molar-refractivity contribution is 5.26. The van der Waals surface area contributed by atoms with Gasteiger partial charge in [0.15, 0.2) is 0 Å². The van der Waals surface area contributed by atoms with Crippen molar-refractivity contribution in [2.75, 3.05) is 6.54 Å². The Balaban J connectivity index is 2.18. The summed E-state index contributed by atoms with van der Waals surface area (Å²) >= 11 is 0. The van der Waals surface area contributed by atoms with Gasteiger partial charge in [-0.2, -0.15) is 0 Å². The molecule has 1 aliphatic rings. The number of hydrogen-bond acceptors (Lipinski definition) is 1. The molecule has 0 aromatic heterocycles. The fourth-order valence-corrected chi connectivity index (χ4v) is 2.00. The van der Waals surface area contributed by atoms with Crippen LogP contribution < -0.4 is 5.32 Å². The Labute approximate surface area is 80.2 Å². The van der Waals surface area contributed by atoms with Gasteiger partial charge >= 0.3 is 0 Å². The first-order chi connectivity index (χ1) is 6.40. The van der Waals surface area contributed by atoms with Gasteiger partial charge in [-0.1, -0.05) is 31.2 Å². The van der Waals surface area contributed by atoms with Crippen LogP contribution in [0.4, 0.5) is 0 Å². The monoisotopic (exact) mass is 175 g/mol. The second-order valence-electron chi connectivity index (χ2n) is 3.75. The molecule has 1 heterocycles. The molecule has 0 radical (unpaired) electrons. The van der Waals surface area contributed by atoms with Gasteiger partial charge in [0.25, 0.3) is 0 Å². The van der Waals surface area contributed by atoms with Crippen molar-refractivity contribution in [3.05, 3.63) is 35.4 Å². The van der Waals surface area contributed by atoms with Crippen LogP contribution in [0.2, 0.25) is 0 Å². The molecule has 1 saturated heterocycles. The quantitative estimate of drug-likeness (QED) is 0.728. The molecule has 1 heteroatoms. The Hall–Kier alpha value is -0.820. The molecule has 1 aliphatic heterocycles. The summed E-state index contributed by atoms with van der Waals surface area (Å²) in [6, 6.07) is 9.57. The summed E-state index contributed by atoms with van der Waals surface area (Å²) in [6.07, 6.45) is 3.76. The average Bonchev–Trinajstić information content (AvgIpc) is 2.71. The summed E-state index contributed by atoms with van der Waals surface area (Å²) in [6.45, 7) is 3.39. The Morgan fingerprint density at radius 2 is 2.38 bits per heavy atom. The van der Waals surface area contributed by atoms with Crippen LogP contribution in [0.5, 0.6) is 0 Å². The molecule has 70 valence electrons. The zero-order valence-corrected chi connectivity index (χ0v) is 8.22. The minimum absolute atomic E-state index is 0.617. The molecule has 1 fully saturated rings. The van der Waals surface area contributed by atoms with E-state index in [9.17, 15) is 0 Å². The summed E-state index contributed by atoms with van der Waals surface area (Å²) in [7, 11) is 0. The van der Waals surface area contributed by atoms with Crippen LogP contribution in [0.1, 0.15) is 36.9 Å². The Bertz CT molecular complexity index is 274. The molecule has 1 atom stereocenters. The molecule has 1 aromatic carbocycles. The molecule has 1 unspecified atom stereocenters. The number of nitrogens with one attached hydrogen (secondary N) is 1. The molecule has 13 heavy (non-hydrogen) atoms. The van der Waals surface area contributed by atoms with Gasteiger partial charge in [0.05, 0.1) is 0 Å². The first kappa shape index (κ1) is 8.76. The molecule has 0 saturated carbocycles. The largest absolute Gasteiger partial charge is 0.310 e. The minimum Gasteiger partial charge on any atom is -0.310 e. The molecule has 0 bridgehead atoms. The number of aryl methyl sites for hydroxylation is 1. The topological polar surface area (TPSA) is 12.0 Å². The zero-order chi connectivity index (χ0) is 9.10. The van der Waals surface area contributed by atoms with E-state index in [0.717, 1.165) is 6.42 Å². The molecular formula is C12H17N. The first-order valence-electron chi connectivity index (χ1n) is 5.22. The summed E-state index contributed by atoms with van der Waals surface area (Å²) in [5.74, 6) is 0. The molecule has 1 N–H and O–H groups in total. The molecule has 0 amide bonds. The third-order valence-corrected chi connectivity index (χ3v) is 2.82. The van der Waals surface area contributed by atoms with Crippen LogP contribution in [0.25, 0.3) is 0 Å². The normalized spacial score (nSPS) is 22.1. The van der Waals surface area contributed by atoms with Crippen LogP contribution in [0.15, 0.2) is 24.3 Å². The van der Waals surface area contributed by atoms with Crippen molar-refractivity contribution >= 4 is 0 Å². The third-order valence-electron chi connectivity index (χ3n) is 2.82. The van der Waals surface area contributed by atoms with E-state index in [4.69, 9.17) is 0 Å². The van der Waals surface area contributed by atoms with Crippen molar-refractivity contribution in [3.8, 4) is 0 Å². The maximum atomic E-state index is 3.52. The lowest BCUT2D eigenvalue weighted by atomic mass is 10.0. The highest BCUT2D eigenvalue weighted by Gasteiger charge is 2.15. The second kappa shape index (κ2) is 3.93. The van der Waals surface area contributed by atoms with Gasteiger partial charge in [0.2, 0.25) is 0 Å². The predicted octanol–water partition coefficient (Wildman–Crippen LogP) is 2.67. The molecule has 0 spiro atoms. The maximum absolute atomic E-state index is 3.52. The van der Waals surface area contributed by atoms with Crippen molar-refractivity contribution in [3.63, 3.8) is 0 Å². The standard InChI is InChI=1S/C12H17N/c1-2-10-5-3-6-11(9-10)12-7-4-8-13-12/h3,5-6,9,12-13H,2,4,7-8H2,1H3. The van der Waals surface area contributed by atoms with Gasteiger partial charge in [-0.25, -0.2) is 0 Å². The van der Waals surface area contributed by atoms with Crippen molar-refractivity contribution in [1.82, 2.24) is 5.32 Å². The van der Waals surface area contributed by atoms with E-state index in [0.29, 0.717) is 6.04 Å². The summed E-state index contributed by atoms with van der Waals surface area (Å²) in [5.41, 5.74) is 2.92. The fourth-order valence-electron chi connectivity index (χ4n) is 2.00. The van der Waals surface area contributed by atoms with Crippen molar-refractivity contribution < 1.29 is 0 Å². The lowest BCUT2D eigenvalue weighted by molar-refractivity contribution is 0.647. The molecule has 1 aromatic rings. The van der Waals surface area contributed by atoms with Crippen LogP contribution in [0.3, 0.4) is 0 Å². The predicted molar refractivity (Wildman–Crippen MR) is 55.8 cm³/mol. The highest BCUT2D eigenvalue weighted by Crippen LogP contribution is 2.23. The highest BCUT2D eigenvalue weighted by atomic mass is 14.9. The maximum Gasteiger partial charge on any atom is 0.0320 e. The van der Waals surface area contributed by atoms with E-state index in [2.05, 4.69) is 36.5 Å². The van der Waals surface area contributed by atoms with E-state index in [1.54, 1.807) is 0 Å². The van der Waals surface area contributed by atoms with Gasteiger partial charge < -0.3 is 5.32 Å². The third kappa shape index (κ3) is 1.92. The van der Waals surface area contributed by atoms with Gasteiger partial charge in [-0.15, -0.1) is 0 Å². The van der Waals surface area contributed by atoms with E-state index in [1.165, 1.54) is 30.5 Å². The fraction of sp³-hybridized carbons (Fsp3) is 0.500. The minimum atomic E-state index is 0.617. The molecule has 2 rings (SSSR count). The molecule has 0 aliphatic carbocycles. The van der Waals surface area contributed by atoms with E-state index in [-0.39, 0.29) is 0 Å². The number of benzene rings is 1. The van der Waals surface area contributed by atoms with Crippen LogP contribution in [-0.4, -0.2) is 6.54 Å². The van der Waals surface area contributed by atoms with Gasteiger partial charge in [-0.05, 0) is 36.9 Å². The number of hydrogen-bond donors (Lipinski definition) is 1. The number of rotatable bonds is 2. The van der Waals surface area contributed by atoms with Gasteiger partial charge in [-0.3, -0.25) is 0 Å². The lowest BCUT2D eigenvalue weighted by Gasteiger charge is -2.11. The Morgan fingerprint density at radius 3 is 3.08 bits per heavy atom. The van der Waals surface area contributed by atoms with Crippen molar-refractivity contribution in [2.45, 2.75) is 32.2 Å². The van der Waals surface area contributed by atoms with Crippen molar-refractivity contribution in [1.29, 1.82) is 0 Å². The van der Waals surface area contributed by atoms with Crippen LogP contribution in [-0.2, 0) is 6.42 Å². The van der Waals surface area contributed by atoms with Crippen LogP contribution in [0, 0.1) is 0 Å². The van der Waals surface area contributed by atoms with E-state index in [1.807, 2.05) is 0 Å². The SMILES string of the molecule is CCc1cccc(C2CCCN2)c1. The first-order valence-corrected chi connectivity index (χ1v) is 5.22. The van der Waals surface area contributed by atoms with Crippen molar-refractivity contribution in [2.24, 2.45) is 0 Å². The smallest absolute Gasteiger partial charge is 0.0320 e. The average molecular weight is 175 g/mol. The Morgan fingerprint density at radius 1 is 1.46 bits per heavy atom. The summed E-state index contributed by atoms with van der Waals surface area (Å²) in [4.78, 5) is 0. The van der Waals surface area contributed by atoms with E-state index < -0.39 is 0 Å². The summed E-state index contributed by atoms with van der Waals surface area (Å²) in [5, 5.41) is 3.52. The zero-order valence-electron chi connectivity index (χ0n) is 8.22. The Kier molecular flexibility index (Phi) is 2.65. The van der Waals surface area contributed by atoms with E-state index >= 15 is 0 Å². The summed E-state index contributed by atoms with van der Waals surface area (Å²) < 4.78 is 0. The lowest BCUT2D eigenvalue weighted by Crippen LogP contribution is -2.12. The molecule has 1 nitrogen and oxygen atoms in total. The van der Waals surface area contributed by atoms with Crippen LogP contribution >= 0.6 is 0 Å². The van der Waals surface area contributed by atoms with Gasteiger partial charge in [0.1, 0.15) is 0 Å². The van der Waals surface area contributed by atoms with Gasteiger partial charge in [0, 0.05) is 6.04 Å². The molecular weight excluding hydrogens is 158 g/mol.